The quantitative estimate of drug-likeness (QED) is 0.406. The van der Waals surface area contributed by atoms with E-state index in [4.69, 9.17) is 4.42 Å². The van der Waals surface area contributed by atoms with Gasteiger partial charge in [-0.25, -0.2) is 13.8 Å². The lowest BCUT2D eigenvalue weighted by Gasteiger charge is -2.10. The molecule has 0 aliphatic heterocycles. The fourth-order valence-corrected chi connectivity index (χ4v) is 3.48. The van der Waals surface area contributed by atoms with E-state index in [9.17, 15) is 18.7 Å². The van der Waals surface area contributed by atoms with Gasteiger partial charge in [-0.3, -0.25) is 9.78 Å². The summed E-state index contributed by atoms with van der Waals surface area (Å²) in [6, 6.07) is 11.7. The van der Waals surface area contributed by atoms with Gasteiger partial charge in [-0.2, -0.15) is 0 Å². The van der Waals surface area contributed by atoms with E-state index in [1.807, 2.05) is 6.07 Å². The monoisotopic (exact) mass is 499 g/mol. The van der Waals surface area contributed by atoms with Crippen molar-refractivity contribution in [1.29, 1.82) is 0 Å². The van der Waals surface area contributed by atoms with Crippen LogP contribution in [-0.4, -0.2) is 16.0 Å². The first-order valence-electron chi connectivity index (χ1n) is 9.45. The molecule has 0 aliphatic rings. The fraction of sp³-hybridized carbons (Fsp3) is 0.0870. The van der Waals surface area contributed by atoms with Crippen molar-refractivity contribution >= 4 is 44.2 Å². The Bertz CT molecular complexity index is 1420. The van der Waals surface area contributed by atoms with Gasteiger partial charge in [0.15, 0.2) is 17.2 Å². The maximum atomic E-state index is 13.6. The van der Waals surface area contributed by atoms with Crippen LogP contribution in [0.15, 0.2) is 68.6 Å². The van der Waals surface area contributed by atoms with Crippen LogP contribution in [0.3, 0.4) is 0 Å². The molecule has 0 spiro atoms. The van der Waals surface area contributed by atoms with Gasteiger partial charge in [0.25, 0.3) is 5.91 Å². The zero-order valence-corrected chi connectivity index (χ0v) is 18.3. The number of rotatable bonds is 4. The van der Waals surface area contributed by atoms with Crippen molar-refractivity contribution in [1.82, 2.24) is 4.98 Å². The number of nitrogens with zero attached hydrogens (tertiary/aromatic N) is 2. The number of amides is 1. The topological polar surface area (TPSA) is 87.7 Å². The highest BCUT2D eigenvalue weighted by molar-refractivity contribution is 9.10. The Balaban J connectivity index is 1.91. The molecular formula is C23H16BrF2N3O3. The van der Waals surface area contributed by atoms with Crippen LogP contribution >= 0.6 is 15.9 Å². The third kappa shape index (κ3) is 4.44. The Morgan fingerprint density at radius 1 is 1.19 bits per heavy atom. The second kappa shape index (κ2) is 8.97. The van der Waals surface area contributed by atoms with Crippen LogP contribution in [0.4, 0.5) is 20.2 Å². The number of hydrogen-bond acceptors (Lipinski definition) is 5. The van der Waals surface area contributed by atoms with Crippen molar-refractivity contribution in [2.45, 2.75) is 13.5 Å². The van der Waals surface area contributed by atoms with Gasteiger partial charge in [0.2, 0.25) is 5.55 Å². The molecule has 0 saturated carbocycles. The number of carbonyl (C=O) groups is 1. The molecule has 4 rings (SSSR count). The minimum atomic E-state index is -1.09. The van der Waals surface area contributed by atoms with Crippen molar-refractivity contribution in [2.75, 3.05) is 5.32 Å². The smallest absolute Gasteiger partial charge is 0.261 e. The third-order valence-electron chi connectivity index (χ3n) is 4.68. The molecular weight excluding hydrogens is 484 g/mol. The highest BCUT2D eigenvalue weighted by atomic mass is 79.9. The predicted molar refractivity (Wildman–Crippen MR) is 118 cm³/mol. The summed E-state index contributed by atoms with van der Waals surface area (Å²) in [6.07, 6.45) is 1.50. The molecule has 2 heterocycles. The molecule has 0 aliphatic carbocycles. The van der Waals surface area contributed by atoms with Gasteiger partial charge in [-0.05, 0) is 43.3 Å². The Morgan fingerprint density at radius 3 is 2.72 bits per heavy atom. The molecule has 32 heavy (non-hydrogen) atoms. The summed E-state index contributed by atoms with van der Waals surface area (Å²) in [5.74, 6) is -2.76. The van der Waals surface area contributed by atoms with E-state index >= 15 is 0 Å². The number of aliphatic hydroxyl groups excluding tert-OH is 1. The molecule has 2 N–H and O–H groups in total. The van der Waals surface area contributed by atoms with Gasteiger partial charge in [-0.15, -0.1) is 0 Å². The van der Waals surface area contributed by atoms with E-state index < -0.39 is 17.5 Å². The maximum Gasteiger partial charge on any atom is 0.261 e. The van der Waals surface area contributed by atoms with Crippen molar-refractivity contribution in [3.63, 3.8) is 0 Å². The third-order valence-corrected chi connectivity index (χ3v) is 5.18. The molecule has 4 aromatic rings. The van der Waals surface area contributed by atoms with Gasteiger partial charge in [0, 0.05) is 33.4 Å². The van der Waals surface area contributed by atoms with Crippen LogP contribution in [0.25, 0.3) is 11.0 Å². The molecule has 2 aromatic carbocycles. The first-order chi connectivity index (χ1) is 15.4. The highest BCUT2D eigenvalue weighted by Gasteiger charge is 2.17. The van der Waals surface area contributed by atoms with Crippen LogP contribution in [0.1, 0.15) is 21.6 Å². The van der Waals surface area contributed by atoms with Crippen LogP contribution in [-0.2, 0) is 6.61 Å². The molecule has 0 bridgehead atoms. The van der Waals surface area contributed by atoms with Crippen molar-refractivity contribution in [2.24, 2.45) is 4.99 Å². The number of aryl methyl sites for hydroxylation is 1. The van der Waals surface area contributed by atoms with Crippen molar-refractivity contribution < 1.29 is 23.1 Å². The summed E-state index contributed by atoms with van der Waals surface area (Å²) in [6.45, 7) is 1.42. The van der Waals surface area contributed by atoms with E-state index in [-0.39, 0.29) is 23.4 Å². The summed E-state index contributed by atoms with van der Waals surface area (Å²) >= 11 is 3.38. The molecule has 0 fully saturated rings. The first kappa shape index (κ1) is 21.8. The lowest BCUT2D eigenvalue weighted by molar-refractivity contribution is 0.102. The Kier molecular flexibility index (Phi) is 6.11. The molecule has 2 aromatic heterocycles. The molecule has 1 amide bonds. The van der Waals surface area contributed by atoms with E-state index in [0.29, 0.717) is 27.9 Å². The zero-order valence-electron chi connectivity index (χ0n) is 16.7. The Labute approximate surface area is 189 Å². The number of pyridine rings is 1. The van der Waals surface area contributed by atoms with E-state index in [1.54, 1.807) is 25.1 Å². The average molecular weight is 500 g/mol. The van der Waals surface area contributed by atoms with Crippen LogP contribution in [0, 0.1) is 18.6 Å². The van der Waals surface area contributed by atoms with Crippen LogP contribution in [0.5, 0.6) is 0 Å². The van der Waals surface area contributed by atoms with Gasteiger partial charge < -0.3 is 14.8 Å². The Hall–Kier alpha value is -3.43. The van der Waals surface area contributed by atoms with Gasteiger partial charge in [0.05, 0.1) is 18.0 Å². The normalized spacial score (nSPS) is 11.7. The summed E-state index contributed by atoms with van der Waals surface area (Å²) in [4.78, 5) is 21.8. The zero-order chi connectivity index (χ0) is 22.8. The van der Waals surface area contributed by atoms with Crippen LogP contribution in [0.2, 0.25) is 0 Å². The van der Waals surface area contributed by atoms with Crippen LogP contribution < -0.4 is 10.9 Å². The summed E-state index contributed by atoms with van der Waals surface area (Å²) in [7, 11) is 0. The minimum Gasteiger partial charge on any atom is -0.436 e. The second-order valence-electron chi connectivity index (χ2n) is 6.91. The largest absolute Gasteiger partial charge is 0.436 e. The molecule has 162 valence electrons. The predicted octanol–water partition coefficient (Wildman–Crippen LogP) is 5.15. The summed E-state index contributed by atoms with van der Waals surface area (Å²) in [5.41, 5.74) is 2.01. The number of anilines is 1. The number of benzene rings is 2. The summed E-state index contributed by atoms with van der Waals surface area (Å²) in [5, 5.41) is 12.7. The van der Waals surface area contributed by atoms with Gasteiger partial charge in [0.1, 0.15) is 5.56 Å². The van der Waals surface area contributed by atoms with Gasteiger partial charge in [-0.1, -0.05) is 22.0 Å². The maximum absolute atomic E-state index is 13.6. The number of carbonyl (C=O) groups excluding carboxylic acids is 1. The second-order valence-corrected chi connectivity index (χ2v) is 7.83. The SMILES string of the molecule is Cc1ncc(CO)c2cc(C(=O)Nc3ccc(F)c(F)c3)c(=Nc3cccc(Br)c3)oc12. The highest BCUT2D eigenvalue weighted by Crippen LogP contribution is 2.23. The van der Waals surface area contributed by atoms with Gasteiger partial charge >= 0.3 is 0 Å². The lowest BCUT2D eigenvalue weighted by Crippen LogP contribution is -2.22. The number of aromatic nitrogens is 1. The van der Waals surface area contributed by atoms with E-state index in [0.717, 1.165) is 16.6 Å². The fourth-order valence-electron chi connectivity index (χ4n) is 3.10. The van der Waals surface area contributed by atoms with E-state index in [1.165, 1.54) is 18.3 Å². The molecule has 0 saturated heterocycles. The molecule has 9 heteroatoms. The number of nitrogens with one attached hydrogen (secondary N) is 1. The number of halogens is 3. The number of fused-ring (bicyclic) bond motifs is 1. The Morgan fingerprint density at radius 2 is 2.00 bits per heavy atom. The minimum absolute atomic E-state index is 0.00401. The van der Waals surface area contributed by atoms with E-state index in [2.05, 4.69) is 31.2 Å². The van der Waals surface area contributed by atoms with Crippen molar-refractivity contribution in [3.05, 3.63) is 93.2 Å². The number of aliphatic hydroxyl groups is 1. The molecule has 0 atom stereocenters. The lowest BCUT2D eigenvalue weighted by atomic mass is 10.1. The van der Waals surface area contributed by atoms with Crippen molar-refractivity contribution in [3.8, 4) is 0 Å². The first-order valence-corrected chi connectivity index (χ1v) is 10.2. The molecule has 6 nitrogen and oxygen atoms in total. The molecule has 0 radical (unpaired) electrons. The average Bonchev–Trinajstić information content (AvgIpc) is 2.76. The summed E-state index contributed by atoms with van der Waals surface area (Å²) < 4.78 is 33.6. The standard InChI is InChI=1S/C23H16BrF2N3O3/c1-12-21-17(13(11-30)10-27-12)9-18(22(31)28-16-5-6-19(25)20(26)8-16)23(32-21)29-15-4-2-3-14(24)7-15/h2-10,30H,11H2,1H3,(H,28,31). The number of hydrogen-bond donors (Lipinski definition) is 2. The molecule has 0 unspecified atom stereocenters.